The number of nitrogens with zero attached hydrogens (tertiary/aromatic N) is 1. The quantitative estimate of drug-likeness (QED) is 0.738. The molecule has 2 nitrogen and oxygen atoms in total. The molecule has 1 aliphatic carbocycles. The van der Waals surface area contributed by atoms with Gasteiger partial charge in [-0.2, -0.15) is 13.2 Å². The van der Waals surface area contributed by atoms with E-state index >= 15 is 0 Å². The summed E-state index contributed by atoms with van der Waals surface area (Å²) in [6.45, 7) is 1.73. The zero-order valence-corrected chi connectivity index (χ0v) is 9.76. The molecule has 0 aliphatic heterocycles. The summed E-state index contributed by atoms with van der Waals surface area (Å²) in [6.07, 6.45) is 0.268. The minimum atomic E-state index is -4.09. The van der Waals surface area contributed by atoms with Crippen molar-refractivity contribution >= 4 is 0 Å². The number of alkyl halides is 3. The molecule has 1 fully saturated rings. The summed E-state index contributed by atoms with van der Waals surface area (Å²) in [5.74, 6) is 0. The van der Waals surface area contributed by atoms with Crippen LogP contribution in [0.4, 0.5) is 13.2 Å². The molecular weight excluding hydrogens is 217 g/mol. The summed E-state index contributed by atoms with van der Waals surface area (Å²) >= 11 is 0. The number of halogens is 3. The molecule has 5 heteroatoms. The minimum absolute atomic E-state index is 0.0412. The highest BCUT2D eigenvalue weighted by Gasteiger charge is 2.37. The molecule has 1 atom stereocenters. The fourth-order valence-corrected chi connectivity index (χ4v) is 1.91. The van der Waals surface area contributed by atoms with Crippen LogP contribution in [0, 0.1) is 0 Å². The van der Waals surface area contributed by atoms with E-state index in [1.165, 1.54) is 4.90 Å². The molecular formula is C11H21F3N2. The largest absolute Gasteiger partial charge is 0.401 e. The first kappa shape index (κ1) is 13.8. The second-order valence-electron chi connectivity index (χ2n) is 4.65. The Morgan fingerprint density at radius 3 is 2.38 bits per heavy atom. The molecule has 0 bridgehead atoms. The van der Waals surface area contributed by atoms with E-state index in [4.69, 9.17) is 5.73 Å². The van der Waals surface area contributed by atoms with Gasteiger partial charge in [0.2, 0.25) is 0 Å². The summed E-state index contributed by atoms with van der Waals surface area (Å²) < 4.78 is 36.9. The van der Waals surface area contributed by atoms with Gasteiger partial charge >= 0.3 is 6.18 Å². The first-order chi connectivity index (χ1) is 7.42. The molecule has 0 aromatic heterocycles. The van der Waals surface area contributed by atoms with Crippen LogP contribution in [0.5, 0.6) is 0 Å². The molecule has 2 N–H and O–H groups in total. The fraction of sp³-hybridized carbons (Fsp3) is 1.00. The Bertz CT molecular complexity index is 202. The van der Waals surface area contributed by atoms with Gasteiger partial charge in [-0.25, -0.2) is 0 Å². The van der Waals surface area contributed by atoms with E-state index in [1.54, 1.807) is 0 Å². The zero-order valence-electron chi connectivity index (χ0n) is 9.76. The molecule has 1 saturated carbocycles. The van der Waals surface area contributed by atoms with Gasteiger partial charge in [0.15, 0.2) is 0 Å². The van der Waals surface area contributed by atoms with Crippen molar-refractivity contribution in [3.05, 3.63) is 0 Å². The maximum Gasteiger partial charge on any atom is 0.401 e. The molecule has 1 aliphatic rings. The van der Waals surface area contributed by atoms with Crippen LogP contribution in [0.1, 0.15) is 39.0 Å². The van der Waals surface area contributed by atoms with Gasteiger partial charge in [-0.05, 0) is 25.7 Å². The number of nitrogens with two attached hydrogens (primary N) is 1. The highest BCUT2D eigenvalue weighted by atomic mass is 19.4. The zero-order chi connectivity index (χ0) is 12.2. The number of hydrogen-bond acceptors (Lipinski definition) is 2. The van der Waals surface area contributed by atoms with E-state index in [9.17, 15) is 13.2 Å². The molecule has 1 unspecified atom stereocenters. The lowest BCUT2D eigenvalue weighted by molar-refractivity contribution is -0.147. The molecule has 16 heavy (non-hydrogen) atoms. The lowest BCUT2D eigenvalue weighted by Gasteiger charge is -2.24. The second kappa shape index (κ2) is 5.87. The minimum Gasteiger partial charge on any atom is -0.328 e. The van der Waals surface area contributed by atoms with Crippen molar-refractivity contribution in [1.82, 2.24) is 4.90 Å². The van der Waals surface area contributed by atoms with Crippen LogP contribution in [-0.2, 0) is 0 Å². The van der Waals surface area contributed by atoms with Crippen LogP contribution in [0.2, 0.25) is 0 Å². The van der Waals surface area contributed by atoms with Gasteiger partial charge in [-0.1, -0.05) is 13.3 Å². The summed E-state index contributed by atoms with van der Waals surface area (Å²) in [6, 6.07) is 0.190. The van der Waals surface area contributed by atoms with Gasteiger partial charge in [0.05, 0.1) is 6.54 Å². The topological polar surface area (TPSA) is 29.3 Å². The van der Waals surface area contributed by atoms with E-state index < -0.39 is 12.7 Å². The fourth-order valence-electron chi connectivity index (χ4n) is 1.91. The predicted molar refractivity (Wildman–Crippen MR) is 58.2 cm³/mol. The van der Waals surface area contributed by atoms with Crippen molar-refractivity contribution in [2.45, 2.75) is 57.3 Å². The smallest absolute Gasteiger partial charge is 0.328 e. The lowest BCUT2D eigenvalue weighted by Crippen LogP contribution is -2.38. The number of hydrogen-bond donors (Lipinski definition) is 1. The second-order valence-corrected chi connectivity index (χ2v) is 4.65. The molecule has 1 rings (SSSR count). The average molecular weight is 238 g/mol. The van der Waals surface area contributed by atoms with Crippen molar-refractivity contribution in [2.24, 2.45) is 5.73 Å². The molecule has 0 saturated heterocycles. The van der Waals surface area contributed by atoms with Crippen LogP contribution < -0.4 is 5.73 Å². The SMILES string of the molecule is CCCC(N)CCN(CC(F)(F)F)C1CC1. The van der Waals surface area contributed by atoms with Crippen LogP contribution in [0.25, 0.3) is 0 Å². The maximum atomic E-state index is 12.3. The molecule has 0 heterocycles. The Balaban J connectivity index is 2.28. The summed E-state index contributed by atoms with van der Waals surface area (Å²) in [5.41, 5.74) is 5.81. The van der Waals surface area contributed by atoms with Crippen molar-refractivity contribution in [3.63, 3.8) is 0 Å². The Hall–Kier alpha value is -0.290. The summed E-state index contributed by atoms with van der Waals surface area (Å²) in [5, 5.41) is 0. The van der Waals surface area contributed by atoms with Crippen molar-refractivity contribution < 1.29 is 13.2 Å². The third-order valence-corrected chi connectivity index (χ3v) is 2.89. The van der Waals surface area contributed by atoms with Crippen LogP contribution in [-0.4, -0.2) is 36.2 Å². The molecule has 96 valence electrons. The molecule has 0 spiro atoms. The first-order valence-corrected chi connectivity index (χ1v) is 5.98. The molecule has 0 amide bonds. The standard InChI is InChI=1S/C11H21F3N2/c1-2-3-9(15)6-7-16(10-4-5-10)8-11(12,13)14/h9-10H,2-8,15H2,1H3. The normalized spacial score (nSPS) is 19.1. The van der Waals surface area contributed by atoms with Crippen LogP contribution in [0.15, 0.2) is 0 Å². The summed E-state index contributed by atoms with van der Waals surface area (Å²) in [7, 11) is 0. The third kappa shape index (κ3) is 5.70. The third-order valence-electron chi connectivity index (χ3n) is 2.89. The van der Waals surface area contributed by atoms with E-state index in [1.807, 2.05) is 6.92 Å². The van der Waals surface area contributed by atoms with Crippen LogP contribution in [0.3, 0.4) is 0 Å². The van der Waals surface area contributed by atoms with Gasteiger partial charge in [0, 0.05) is 18.6 Å². The van der Waals surface area contributed by atoms with E-state index in [0.717, 1.165) is 25.7 Å². The van der Waals surface area contributed by atoms with E-state index in [0.29, 0.717) is 13.0 Å². The van der Waals surface area contributed by atoms with Gasteiger partial charge in [-0.3, -0.25) is 4.90 Å². The van der Waals surface area contributed by atoms with E-state index in [2.05, 4.69) is 0 Å². The van der Waals surface area contributed by atoms with Gasteiger partial charge in [-0.15, -0.1) is 0 Å². The molecule has 0 radical (unpaired) electrons. The Kier molecular flexibility index (Phi) is 5.05. The highest BCUT2D eigenvalue weighted by molar-refractivity contribution is 4.86. The Morgan fingerprint density at radius 1 is 1.31 bits per heavy atom. The van der Waals surface area contributed by atoms with Gasteiger partial charge < -0.3 is 5.73 Å². The molecule has 0 aromatic carbocycles. The monoisotopic (exact) mass is 238 g/mol. The first-order valence-electron chi connectivity index (χ1n) is 5.98. The number of rotatable bonds is 7. The van der Waals surface area contributed by atoms with Gasteiger partial charge in [0.1, 0.15) is 0 Å². The van der Waals surface area contributed by atoms with Gasteiger partial charge in [0.25, 0.3) is 0 Å². The average Bonchev–Trinajstić information content (AvgIpc) is 2.94. The van der Waals surface area contributed by atoms with Crippen molar-refractivity contribution in [1.29, 1.82) is 0 Å². The highest BCUT2D eigenvalue weighted by Crippen LogP contribution is 2.30. The Morgan fingerprint density at radius 2 is 1.94 bits per heavy atom. The Labute approximate surface area is 95.0 Å². The van der Waals surface area contributed by atoms with Crippen LogP contribution >= 0.6 is 0 Å². The summed E-state index contributed by atoms with van der Waals surface area (Å²) in [4.78, 5) is 1.54. The maximum absolute atomic E-state index is 12.3. The van der Waals surface area contributed by atoms with E-state index in [-0.39, 0.29) is 12.1 Å². The van der Waals surface area contributed by atoms with Crippen molar-refractivity contribution in [2.75, 3.05) is 13.1 Å². The molecule has 0 aromatic rings. The van der Waals surface area contributed by atoms with Crippen molar-refractivity contribution in [3.8, 4) is 0 Å². The lowest BCUT2D eigenvalue weighted by atomic mass is 10.1. The predicted octanol–water partition coefficient (Wildman–Crippen LogP) is 2.53.